The number of rotatable bonds is 3. The molecule has 0 saturated carbocycles. The van der Waals surface area contributed by atoms with Gasteiger partial charge in [-0.2, -0.15) is 4.68 Å². The molecule has 2 aromatic carbocycles. The Hall–Kier alpha value is -3.22. The minimum absolute atomic E-state index is 0.0243. The van der Waals surface area contributed by atoms with Crippen molar-refractivity contribution in [3.63, 3.8) is 0 Å². The van der Waals surface area contributed by atoms with Gasteiger partial charge < -0.3 is 9.80 Å². The van der Waals surface area contributed by atoms with Crippen molar-refractivity contribution in [1.29, 1.82) is 0 Å². The van der Waals surface area contributed by atoms with E-state index in [0.29, 0.717) is 32.1 Å². The molecule has 0 aliphatic carbocycles. The van der Waals surface area contributed by atoms with Gasteiger partial charge >= 0.3 is 0 Å². The van der Waals surface area contributed by atoms with Crippen LogP contribution in [0.15, 0.2) is 48.5 Å². The average molecular weight is 447 g/mol. The molecule has 0 spiro atoms. The summed E-state index contributed by atoms with van der Waals surface area (Å²) in [5.74, 6) is 0.798. The SMILES string of the molecule is CC(C)(C)c1cc(C(=O)N2CCN(c3nnnn3-c3ccccc3)CC2)cc(C(C)(C)C)c1. The van der Waals surface area contributed by atoms with E-state index in [1.54, 1.807) is 4.68 Å². The zero-order chi connectivity index (χ0) is 23.8. The minimum Gasteiger partial charge on any atom is -0.336 e. The van der Waals surface area contributed by atoms with Gasteiger partial charge in [0.15, 0.2) is 0 Å². The molecule has 1 aromatic heterocycles. The predicted molar refractivity (Wildman–Crippen MR) is 131 cm³/mol. The van der Waals surface area contributed by atoms with Crippen LogP contribution in [0.2, 0.25) is 0 Å². The van der Waals surface area contributed by atoms with Crippen LogP contribution in [0.25, 0.3) is 5.69 Å². The van der Waals surface area contributed by atoms with Gasteiger partial charge in [0, 0.05) is 31.7 Å². The maximum absolute atomic E-state index is 13.5. The summed E-state index contributed by atoms with van der Waals surface area (Å²) in [6, 6.07) is 16.3. The van der Waals surface area contributed by atoms with E-state index in [0.717, 1.165) is 11.3 Å². The highest BCUT2D eigenvalue weighted by atomic mass is 16.2. The zero-order valence-corrected chi connectivity index (χ0v) is 20.5. The molecule has 7 nitrogen and oxygen atoms in total. The molecule has 1 saturated heterocycles. The monoisotopic (exact) mass is 446 g/mol. The first-order valence-electron chi connectivity index (χ1n) is 11.6. The molecule has 1 amide bonds. The summed E-state index contributed by atoms with van der Waals surface area (Å²) in [6.07, 6.45) is 0. The van der Waals surface area contributed by atoms with Gasteiger partial charge in [0.25, 0.3) is 5.91 Å². The number of tetrazole rings is 1. The fourth-order valence-electron chi connectivity index (χ4n) is 4.03. The number of para-hydroxylation sites is 1. The van der Waals surface area contributed by atoms with Crippen molar-refractivity contribution in [3.8, 4) is 5.69 Å². The van der Waals surface area contributed by atoms with Crippen molar-refractivity contribution in [2.75, 3.05) is 31.1 Å². The summed E-state index contributed by atoms with van der Waals surface area (Å²) in [7, 11) is 0. The Morgan fingerprint density at radius 2 is 1.39 bits per heavy atom. The Bertz CT molecular complexity index is 1080. The van der Waals surface area contributed by atoms with Crippen LogP contribution in [0.3, 0.4) is 0 Å². The van der Waals surface area contributed by atoms with Crippen LogP contribution >= 0.6 is 0 Å². The number of nitrogens with zero attached hydrogens (tertiary/aromatic N) is 6. The number of amides is 1. The summed E-state index contributed by atoms with van der Waals surface area (Å²) < 4.78 is 1.75. The molecule has 1 aliphatic rings. The number of hydrogen-bond acceptors (Lipinski definition) is 5. The van der Waals surface area contributed by atoms with E-state index >= 15 is 0 Å². The van der Waals surface area contributed by atoms with Gasteiger partial charge in [-0.3, -0.25) is 4.79 Å². The third-order valence-electron chi connectivity index (χ3n) is 6.22. The maximum Gasteiger partial charge on any atom is 0.253 e. The third kappa shape index (κ3) is 4.92. The lowest BCUT2D eigenvalue weighted by Crippen LogP contribution is -2.49. The van der Waals surface area contributed by atoms with Crippen molar-refractivity contribution < 1.29 is 4.79 Å². The van der Waals surface area contributed by atoms with Crippen molar-refractivity contribution in [2.45, 2.75) is 52.4 Å². The molecule has 2 heterocycles. The number of anilines is 1. The molecular weight excluding hydrogens is 412 g/mol. The highest BCUT2D eigenvalue weighted by Crippen LogP contribution is 2.31. The first-order chi connectivity index (χ1) is 15.5. The molecule has 0 bridgehead atoms. The Labute approximate surface area is 196 Å². The Morgan fingerprint density at radius 3 is 1.94 bits per heavy atom. The van der Waals surface area contributed by atoms with Crippen molar-refractivity contribution in [3.05, 3.63) is 65.2 Å². The summed E-state index contributed by atoms with van der Waals surface area (Å²) in [4.78, 5) is 17.6. The second-order valence-corrected chi connectivity index (χ2v) is 10.8. The zero-order valence-electron chi connectivity index (χ0n) is 20.5. The predicted octanol–water partition coefficient (Wildman–Crippen LogP) is 4.22. The standard InChI is InChI=1S/C26H34N6O/c1-25(2,3)20-16-19(17-21(18-20)26(4,5)6)23(33)30-12-14-31(15-13-30)24-27-28-29-32(24)22-10-8-7-9-11-22/h7-11,16-18H,12-15H2,1-6H3. The number of aromatic nitrogens is 4. The molecule has 33 heavy (non-hydrogen) atoms. The fraction of sp³-hybridized carbons (Fsp3) is 0.462. The van der Waals surface area contributed by atoms with Crippen LogP contribution in [0.1, 0.15) is 63.0 Å². The van der Waals surface area contributed by atoms with Crippen LogP contribution < -0.4 is 4.90 Å². The first kappa shape index (κ1) is 23.0. The van der Waals surface area contributed by atoms with Gasteiger partial charge in [-0.25, -0.2) is 0 Å². The highest BCUT2D eigenvalue weighted by molar-refractivity contribution is 5.95. The van der Waals surface area contributed by atoms with Crippen LogP contribution in [0, 0.1) is 0 Å². The molecular formula is C26H34N6O. The van der Waals surface area contributed by atoms with Crippen LogP contribution in [0.4, 0.5) is 5.95 Å². The van der Waals surface area contributed by atoms with Crippen molar-refractivity contribution in [2.24, 2.45) is 0 Å². The van der Waals surface area contributed by atoms with Gasteiger partial charge in [-0.05, 0) is 56.6 Å². The number of piperazine rings is 1. The molecule has 0 unspecified atom stereocenters. The summed E-state index contributed by atoms with van der Waals surface area (Å²) in [5.41, 5.74) is 4.03. The Morgan fingerprint density at radius 1 is 0.818 bits per heavy atom. The van der Waals surface area contributed by atoms with Gasteiger partial charge in [-0.15, -0.1) is 0 Å². The summed E-state index contributed by atoms with van der Waals surface area (Å²) in [6.45, 7) is 15.8. The lowest BCUT2D eigenvalue weighted by molar-refractivity contribution is 0.0746. The quantitative estimate of drug-likeness (QED) is 0.603. The van der Waals surface area contributed by atoms with Gasteiger partial charge in [0.05, 0.1) is 5.69 Å². The van der Waals surface area contributed by atoms with E-state index < -0.39 is 0 Å². The topological polar surface area (TPSA) is 67.2 Å². The second-order valence-electron chi connectivity index (χ2n) is 10.8. The van der Waals surface area contributed by atoms with Gasteiger partial charge in [-0.1, -0.05) is 70.9 Å². The van der Waals surface area contributed by atoms with Gasteiger partial charge in [0.1, 0.15) is 0 Å². The molecule has 4 rings (SSSR count). The van der Waals surface area contributed by atoms with Gasteiger partial charge in [0.2, 0.25) is 5.95 Å². The summed E-state index contributed by atoms with van der Waals surface area (Å²) in [5, 5.41) is 12.3. The second kappa shape index (κ2) is 8.61. The summed E-state index contributed by atoms with van der Waals surface area (Å²) >= 11 is 0. The molecule has 0 atom stereocenters. The molecule has 7 heteroatoms. The first-order valence-corrected chi connectivity index (χ1v) is 11.6. The normalized spacial score (nSPS) is 15.1. The number of hydrogen-bond donors (Lipinski definition) is 0. The van der Waals surface area contributed by atoms with Crippen LogP contribution in [0.5, 0.6) is 0 Å². The van der Waals surface area contributed by atoms with Crippen molar-refractivity contribution in [1.82, 2.24) is 25.1 Å². The molecule has 3 aromatic rings. The number of benzene rings is 2. The maximum atomic E-state index is 13.5. The lowest BCUT2D eigenvalue weighted by Gasteiger charge is -2.35. The Balaban J connectivity index is 1.53. The smallest absolute Gasteiger partial charge is 0.253 e. The van der Waals surface area contributed by atoms with E-state index in [9.17, 15) is 4.79 Å². The van der Waals surface area contributed by atoms with E-state index in [2.05, 4.69) is 80.2 Å². The fourth-order valence-corrected chi connectivity index (χ4v) is 4.03. The largest absolute Gasteiger partial charge is 0.336 e. The number of carbonyl (C=O) groups excluding carboxylic acids is 1. The van der Waals surface area contributed by atoms with Crippen LogP contribution in [-0.2, 0) is 10.8 Å². The van der Waals surface area contributed by atoms with E-state index in [1.807, 2.05) is 35.2 Å². The highest BCUT2D eigenvalue weighted by Gasteiger charge is 2.28. The molecule has 174 valence electrons. The molecule has 0 N–H and O–H groups in total. The minimum atomic E-state index is -0.0243. The lowest BCUT2D eigenvalue weighted by atomic mass is 9.79. The average Bonchev–Trinajstić information content (AvgIpc) is 3.28. The molecule has 0 radical (unpaired) electrons. The molecule has 1 aliphatic heterocycles. The van der Waals surface area contributed by atoms with Crippen LogP contribution in [-0.4, -0.2) is 57.2 Å². The van der Waals surface area contributed by atoms with E-state index in [1.165, 1.54) is 11.1 Å². The van der Waals surface area contributed by atoms with E-state index in [4.69, 9.17) is 0 Å². The van der Waals surface area contributed by atoms with E-state index in [-0.39, 0.29) is 16.7 Å². The van der Waals surface area contributed by atoms with Crippen molar-refractivity contribution >= 4 is 11.9 Å². The Kier molecular flexibility index (Phi) is 5.99. The molecule has 1 fully saturated rings. The number of carbonyl (C=O) groups is 1. The third-order valence-corrected chi connectivity index (χ3v) is 6.22.